The predicted molar refractivity (Wildman–Crippen MR) is 69.7 cm³/mol. The molecule has 0 saturated carbocycles. The summed E-state index contributed by atoms with van der Waals surface area (Å²) in [4.78, 5) is 4.19. The molecule has 4 nitrogen and oxygen atoms in total. The van der Waals surface area contributed by atoms with Crippen molar-refractivity contribution in [3.63, 3.8) is 0 Å². The number of oxazole rings is 1. The zero-order chi connectivity index (χ0) is 12.4. The summed E-state index contributed by atoms with van der Waals surface area (Å²) >= 11 is 0. The second-order valence-electron chi connectivity index (χ2n) is 4.86. The first kappa shape index (κ1) is 9.33. The van der Waals surface area contributed by atoms with Crippen LogP contribution in [0.3, 0.4) is 0 Å². The molecule has 0 atom stereocenters. The number of hydrogen-bond donors (Lipinski definition) is 0. The summed E-state index contributed by atoms with van der Waals surface area (Å²) in [6.07, 6.45) is 5.74. The van der Waals surface area contributed by atoms with E-state index in [4.69, 9.17) is 4.42 Å². The molecule has 5 rings (SSSR count). The van der Waals surface area contributed by atoms with Crippen LogP contribution < -0.4 is 4.57 Å². The fourth-order valence-electron chi connectivity index (χ4n) is 2.92. The van der Waals surface area contributed by atoms with Gasteiger partial charge in [-0.15, -0.1) is 0 Å². The third-order valence-corrected chi connectivity index (χ3v) is 3.81. The lowest BCUT2D eigenvalue weighted by molar-refractivity contribution is -0.649. The molecule has 90 valence electrons. The van der Waals surface area contributed by atoms with E-state index in [0.29, 0.717) is 0 Å². The van der Waals surface area contributed by atoms with E-state index in [1.54, 1.807) is 0 Å². The lowest BCUT2D eigenvalue weighted by Gasteiger charge is -1.91. The number of pyridine rings is 2. The topological polar surface area (TPSA) is 34.3 Å². The van der Waals surface area contributed by atoms with Crippen LogP contribution >= 0.6 is 0 Å². The first-order valence-electron chi connectivity index (χ1n) is 6.27. The highest BCUT2D eigenvalue weighted by Crippen LogP contribution is 2.31. The molecule has 0 spiro atoms. The second-order valence-corrected chi connectivity index (χ2v) is 4.86. The predicted octanol–water partition coefficient (Wildman–Crippen LogP) is 2.40. The van der Waals surface area contributed by atoms with Gasteiger partial charge < -0.3 is 4.42 Å². The summed E-state index contributed by atoms with van der Waals surface area (Å²) < 4.78 is 10.4. The fourth-order valence-corrected chi connectivity index (χ4v) is 2.92. The van der Waals surface area contributed by atoms with Gasteiger partial charge in [0.25, 0.3) is 11.2 Å². The van der Waals surface area contributed by atoms with Crippen molar-refractivity contribution in [2.24, 2.45) is 0 Å². The molecule has 4 aromatic heterocycles. The van der Waals surface area contributed by atoms with E-state index in [2.05, 4.69) is 32.2 Å². The van der Waals surface area contributed by atoms with Gasteiger partial charge in [0.1, 0.15) is 5.56 Å². The Balaban J connectivity index is 1.93. The number of nitrogens with zero attached hydrogens (tertiary/aromatic N) is 3. The van der Waals surface area contributed by atoms with Crippen LogP contribution in [0.4, 0.5) is 0 Å². The number of hydrogen-bond acceptors (Lipinski definition) is 2. The molecule has 0 bridgehead atoms. The van der Waals surface area contributed by atoms with Crippen molar-refractivity contribution in [3.8, 4) is 11.5 Å². The number of rotatable bonds is 0. The van der Waals surface area contributed by atoms with Crippen LogP contribution in [-0.4, -0.2) is 9.38 Å². The molecular weight excluding hydrogens is 238 g/mol. The minimum absolute atomic E-state index is 0.858. The molecule has 0 radical (unpaired) electrons. The molecule has 1 aliphatic rings. The molecule has 4 aromatic rings. The Morgan fingerprint density at radius 3 is 3.26 bits per heavy atom. The van der Waals surface area contributed by atoms with Crippen LogP contribution in [-0.2, 0) is 6.54 Å². The fraction of sp³-hybridized carbons (Fsp3) is 0.0667. The van der Waals surface area contributed by atoms with Crippen LogP contribution in [0.5, 0.6) is 0 Å². The summed E-state index contributed by atoms with van der Waals surface area (Å²) in [6.45, 7) is 0.858. The Hall–Kier alpha value is -2.62. The lowest BCUT2D eigenvalue weighted by atomic mass is 10.2. The van der Waals surface area contributed by atoms with E-state index >= 15 is 0 Å². The van der Waals surface area contributed by atoms with Crippen LogP contribution in [0, 0.1) is 0 Å². The number of fused-ring (bicyclic) bond motifs is 7. The Morgan fingerprint density at radius 1 is 1.26 bits per heavy atom. The lowest BCUT2D eigenvalue weighted by Crippen LogP contribution is -2.30. The Kier molecular flexibility index (Phi) is 1.49. The zero-order valence-corrected chi connectivity index (χ0v) is 10.1. The van der Waals surface area contributed by atoms with E-state index in [1.165, 1.54) is 5.56 Å². The Bertz CT molecular complexity index is 949. The van der Waals surface area contributed by atoms with Crippen LogP contribution in [0.15, 0.2) is 53.3 Å². The molecular formula is C15H10N3O+. The van der Waals surface area contributed by atoms with Gasteiger partial charge in [-0.3, -0.25) is 9.38 Å². The summed E-state index contributed by atoms with van der Waals surface area (Å²) in [7, 11) is 0. The van der Waals surface area contributed by atoms with Gasteiger partial charge in [-0.25, -0.2) is 0 Å². The van der Waals surface area contributed by atoms with Crippen molar-refractivity contribution < 1.29 is 8.98 Å². The van der Waals surface area contributed by atoms with Crippen molar-refractivity contribution in [3.05, 3.63) is 54.5 Å². The van der Waals surface area contributed by atoms with E-state index in [9.17, 15) is 0 Å². The molecule has 0 fully saturated rings. The van der Waals surface area contributed by atoms with Crippen molar-refractivity contribution >= 4 is 16.7 Å². The molecule has 5 heterocycles. The maximum Gasteiger partial charge on any atom is 0.385 e. The third kappa shape index (κ3) is 1.04. The van der Waals surface area contributed by atoms with Crippen molar-refractivity contribution in [1.82, 2.24) is 9.38 Å². The van der Waals surface area contributed by atoms with Gasteiger partial charge in [0.2, 0.25) is 0 Å². The molecule has 0 unspecified atom stereocenters. The van der Waals surface area contributed by atoms with E-state index < -0.39 is 0 Å². The smallest absolute Gasteiger partial charge is 0.380 e. The number of aromatic nitrogens is 3. The monoisotopic (exact) mass is 248 g/mol. The highest BCUT2D eigenvalue weighted by molar-refractivity contribution is 5.79. The molecule has 0 saturated heterocycles. The van der Waals surface area contributed by atoms with Crippen molar-refractivity contribution in [1.29, 1.82) is 0 Å². The average Bonchev–Trinajstić information content (AvgIpc) is 3.07. The van der Waals surface area contributed by atoms with E-state index in [1.807, 2.05) is 30.7 Å². The molecule has 0 N–H and O–H groups in total. The molecule has 1 aliphatic heterocycles. The van der Waals surface area contributed by atoms with Gasteiger partial charge in [-0.05, 0) is 18.2 Å². The highest BCUT2D eigenvalue weighted by atomic mass is 16.4. The van der Waals surface area contributed by atoms with Crippen molar-refractivity contribution in [2.75, 3.05) is 0 Å². The summed E-state index contributed by atoms with van der Waals surface area (Å²) in [5, 5.41) is 0. The van der Waals surface area contributed by atoms with Gasteiger partial charge in [0.05, 0.1) is 5.52 Å². The summed E-state index contributed by atoms with van der Waals surface area (Å²) in [5.74, 6) is 0.909. The molecule has 4 heteroatoms. The van der Waals surface area contributed by atoms with Gasteiger partial charge >= 0.3 is 5.89 Å². The first-order chi connectivity index (χ1) is 9.42. The zero-order valence-electron chi connectivity index (χ0n) is 10.1. The van der Waals surface area contributed by atoms with E-state index in [-0.39, 0.29) is 0 Å². The Labute approximate surface area is 108 Å². The second kappa shape index (κ2) is 3.03. The van der Waals surface area contributed by atoms with E-state index in [0.717, 1.165) is 34.7 Å². The largest absolute Gasteiger partial charge is 0.385 e. The minimum atomic E-state index is 0.858. The first-order valence-corrected chi connectivity index (χ1v) is 6.27. The van der Waals surface area contributed by atoms with Crippen molar-refractivity contribution in [2.45, 2.75) is 6.54 Å². The highest BCUT2D eigenvalue weighted by Gasteiger charge is 2.35. The SMILES string of the molecule is c1ccn2c(c1)cc1c2oc2[n+]1Cc1ccncc1-2. The van der Waals surface area contributed by atoms with Crippen LogP contribution in [0.25, 0.3) is 28.2 Å². The summed E-state index contributed by atoms with van der Waals surface area (Å²) in [5.41, 5.74) is 5.56. The quantitative estimate of drug-likeness (QED) is 0.394. The normalized spacial score (nSPS) is 13.1. The molecule has 0 aliphatic carbocycles. The van der Waals surface area contributed by atoms with Gasteiger partial charge in [0.15, 0.2) is 6.54 Å². The maximum absolute atomic E-state index is 6.08. The van der Waals surface area contributed by atoms with Gasteiger partial charge in [0, 0.05) is 30.2 Å². The molecule has 0 amide bonds. The van der Waals surface area contributed by atoms with Gasteiger partial charge in [-0.1, -0.05) is 6.07 Å². The molecule has 0 aromatic carbocycles. The van der Waals surface area contributed by atoms with Crippen LogP contribution in [0.2, 0.25) is 0 Å². The van der Waals surface area contributed by atoms with Crippen LogP contribution in [0.1, 0.15) is 5.56 Å². The Morgan fingerprint density at radius 2 is 2.26 bits per heavy atom. The summed E-state index contributed by atoms with van der Waals surface area (Å²) in [6, 6.07) is 10.4. The average molecular weight is 248 g/mol. The standard InChI is InChI=1S/C15H10N3O/c1-2-6-17-11(3-1)7-13-15(17)19-14-12-8-16-5-4-10(12)9-18(13)14/h1-8H,9H2/q+1. The minimum Gasteiger partial charge on any atom is -0.380 e. The van der Waals surface area contributed by atoms with Gasteiger partial charge in [-0.2, -0.15) is 4.57 Å². The third-order valence-electron chi connectivity index (χ3n) is 3.81. The maximum atomic E-state index is 6.08. The molecule has 19 heavy (non-hydrogen) atoms.